The molecular weight excluding hydrogens is 336 g/mol. The zero-order chi connectivity index (χ0) is 20.7. The van der Waals surface area contributed by atoms with E-state index in [-0.39, 0.29) is 5.92 Å². The summed E-state index contributed by atoms with van der Waals surface area (Å²) < 4.78 is 19.0. The average molecular weight is 385 g/mol. The van der Waals surface area contributed by atoms with Crippen LogP contribution in [0.1, 0.15) is 93.4 Å². The minimum absolute atomic E-state index is 0.0416. The highest BCUT2D eigenvalue weighted by molar-refractivity contribution is 4.87. The van der Waals surface area contributed by atoms with Gasteiger partial charge >= 0.3 is 0 Å². The van der Waals surface area contributed by atoms with E-state index in [0.717, 1.165) is 12.8 Å². The fourth-order valence-corrected chi connectivity index (χ4v) is 2.88. The van der Waals surface area contributed by atoms with Gasteiger partial charge in [-0.15, -0.1) is 6.58 Å². The van der Waals surface area contributed by atoms with Crippen molar-refractivity contribution in [2.75, 3.05) is 19.8 Å². The molecule has 0 fully saturated rings. The van der Waals surface area contributed by atoms with Gasteiger partial charge in [0.2, 0.25) is 0 Å². The average Bonchev–Trinajstić information content (AvgIpc) is 2.61. The Balaban J connectivity index is 5.12. The minimum atomic E-state index is -1.01. The van der Waals surface area contributed by atoms with Crippen molar-refractivity contribution in [3.63, 3.8) is 0 Å². The second-order valence-corrected chi connectivity index (χ2v) is 9.12. The van der Waals surface area contributed by atoms with Gasteiger partial charge in [0, 0.05) is 0 Å². The SMILES string of the molecule is C=CC(CCCCCCCC)C(OCC(C)C)(OCC(C)C)OCC(C)C. The van der Waals surface area contributed by atoms with Crippen LogP contribution in [0.25, 0.3) is 0 Å². The summed E-state index contributed by atoms with van der Waals surface area (Å²) in [5, 5.41) is 0. The van der Waals surface area contributed by atoms with Gasteiger partial charge < -0.3 is 14.2 Å². The maximum absolute atomic E-state index is 6.32. The molecule has 0 N–H and O–H groups in total. The third-order valence-corrected chi connectivity index (χ3v) is 4.46. The van der Waals surface area contributed by atoms with Crippen LogP contribution in [-0.2, 0) is 14.2 Å². The van der Waals surface area contributed by atoms with Crippen molar-refractivity contribution in [1.82, 2.24) is 0 Å². The van der Waals surface area contributed by atoms with Gasteiger partial charge in [-0.25, -0.2) is 0 Å². The predicted molar refractivity (Wildman–Crippen MR) is 117 cm³/mol. The van der Waals surface area contributed by atoms with Crippen molar-refractivity contribution >= 4 is 0 Å². The van der Waals surface area contributed by atoms with Gasteiger partial charge in [0.25, 0.3) is 5.97 Å². The molecule has 27 heavy (non-hydrogen) atoms. The Bertz CT molecular complexity index is 318. The van der Waals surface area contributed by atoms with Crippen LogP contribution in [0.4, 0.5) is 0 Å². The zero-order valence-electron chi connectivity index (χ0n) is 19.4. The first kappa shape index (κ1) is 26.6. The van der Waals surface area contributed by atoms with E-state index in [9.17, 15) is 0 Å². The standard InChI is InChI=1S/C24H48O3/c1-9-11-12-13-14-15-16-23(10-2)24(25-17-20(3)4,26-18-21(5)6)27-19-22(7)8/h10,20-23H,2,9,11-19H2,1,3-8H3. The van der Waals surface area contributed by atoms with Crippen molar-refractivity contribution in [3.05, 3.63) is 12.7 Å². The van der Waals surface area contributed by atoms with Gasteiger partial charge in [0.05, 0.1) is 25.7 Å². The van der Waals surface area contributed by atoms with Gasteiger partial charge in [-0.3, -0.25) is 0 Å². The first-order valence-corrected chi connectivity index (χ1v) is 11.3. The van der Waals surface area contributed by atoms with Crippen molar-refractivity contribution in [2.45, 2.75) is 99.4 Å². The lowest BCUT2D eigenvalue weighted by Crippen LogP contribution is -2.48. The van der Waals surface area contributed by atoms with Crippen LogP contribution in [0.2, 0.25) is 0 Å². The van der Waals surface area contributed by atoms with Gasteiger partial charge in [-0.1, -0.05) is 93.1 Å². The molecule has 1 atom stereocenters. The Hall–Kier alpha value is -0.380. The molecule has 0 saturated heterocycles. The molecule has 0 aromatic rings. The number of ether oxygens (including phenoxy) is 3. The van der Waals surface area contributed by atoms with E-state index in [1.807, 2.05) is 6.08 Å². The molecule has 0 aliphatic rings. The summed E-state index contributed by atoms with van der Waals surface area (Å²) in [4.78, 5) is 0. The molecule has 0 radical (unpaired) electrons. The normalized spacial score (nSPS) is 13.7. The molecular formula is C24H48O3. The van der Waals surface area contributed by atoms with E-state index in [0.29, 0.717) is 37.6 Å². The molecule has 3 nitrogen and oxygen atoms in total. The van der Waals surface area contributed by atoms with Crippen LogP contribution in [0.5, 0.6) is 0 Å². The Morgan fingerprint density at radius 2 is 1.11 bits per heavy atom. The summed E-state index contributed by atoms with van der Waals surface area (Å²) in [6.45, 7) is 21.2. The van der Waals surface area contributed by atoms with Crippen LogP contribution < -0.4 is 0 Å². The second kappa shape index (κ2) is 15.5. The van der Waals surface area contributed by atoms with Crippen molar-refractivity contribution in [3.8, 4) is 0 Å². The largest absolute Gasteiger partial charge is 0.327 e. The molecule has 3 heteroatoms. The molecule has 0 heterocycles. The lowest BCUT2D eigenvalue weighted by molar-refractivity contribution is -0.405. The first-order valence-electron chi connectivity index (χ1n) is 11.3. The zero-order valence-corrected chi connectivity index (χ0v) is 19.4. The number of hydrogen-bond acceptors (Lipinski definition) is 3. The van der Waals surface area contributed by atoms with E-state index in [2.05, 4.69) is 55.0 Å². The fourth-order valence-electron chi connectivity index (χ4n) is 2.88. The molecule has 0 rings (SSSR count). The van der Waals surface area contributed by atoms with E-state index in [1.165, 1.54) is 32.1 Å². The van der Waals surface area contributed by atoms with Gasteiger partial charge in [0.15, 0.2) is 0 Å². The molecule has 0 spiro atoms. The van der Waals surface area contributed by atoms with E-state index in [4.69, 9.17) is 14.2 Å². The van der Waals surface area contributed by atoms with Crippen LogP contribution in [0, 0.1) is 23.7 Å². The molecule has 0 aromatic carbocycles. The number of hydrogen-bond donors (Lipinski definition) is 0. The molecule has 1 unspecified atom stereocenters. The summed E-state index contributed by atoms with van der Waals surface area (Å²) in [5.41, 5.74) is 0. The topological polar surface area (TPSA) is 27.7 Å². The smallest absolute Gasteiger partial charge is 0.289 e. The molecule has 162 valence electrons. The van der Waals surface area contributed by atoms with Crippen LogP contribution in [0.3, 0.4) is 0 Å². The van der Waals surface area contributed by atoms with Gasteiger partial charge in [-0.05, 0) is 24.2 Å². The fraction of sp³-hybridized carbons (Fsp3) is 0.917. The van der Waals surface area contributed by atoms with E-state index in [1.54, 1.807) is 0 Å². The summed E-state index contributed by atoms with van der Waals surface area (Å²) in [6, 6.07) is 0. The second-order valence-electron chi connectivity index (χ2n) is 9.12. The number of rotatable bonds is 18. The van der Waals surface area contributed by atoms with Crippen molar-refractivity contribution in [2.24, 2.45) is 23.7 Å². The summed E-state index contributed by atoms with van der Waals surface area (Å²) in [6.07, 6.45) is 10.6. The lowest BCUT2D eigenvalue weighted by atomic mass is 9.97. The molecule has 0 amide bonds. The third-order valence-electron chi connectivity index (χ3n) is 4.46. The summed E-state index contributed by atoms with van der Waals surface area (Å²) in [7, 11) is 0. The maximum Gasteiger partial charge on any atom is 0.289 e. The van der Waals surface area contributed by atoms with Crippen LogP contribution >= 0.6 is 0 Å². The maximum atomic E-state index is 6.32. The summed E-state index contributed by atoms with van der Waals surface area (Å²) in [5.74, 6) is 0.307. The Labute approximate surface area is 170 Å². The minimum Gasteiger partial charge on any atom is -0.327 e. The Kier molecular flexibility index (Phi) is 15.3. The van der Waals surface area contributed by atoms with Gasteiger partial charge in [0.1, 0.15) is 0 Å². The van der Waals surface area contributed by atoms with Crippen LogP contribution in [0.15, 0.2) is 12.7 Å². The highest BCUT2D eigenvalue weighted by Crippen LogP contribution is 2.33. The van der Waals surface area contributed by atoms with Crippen LogP contribution in [-0.4, -0.2) is 25.8 Å². The molecule has 0 aliphatic heterocycles. The monoisotopic (exact) mass is 384 g/mol. The summed E-state index contributed by atoms with van der Waals surface area (Å²) >= 11 is 0. The number of unbranched alkanes of at least 4 members (excludes halogenated alkanes) is 5. The first-order chi connectivity index (χ1) is 12.8. The Morgan fingerprint density at radius 3 is 1.48 bits per heavy atom. The van der Waals surface area contributed by atoms with Gasteiger partial charge in [-0.2, -0.15) is 0 Å². The molecule has 0 aliphatic carbocycles. The van der Waals surface area contributed by atoms with E-state index < -0.39 is 5.97 Å². The molecule has 0 saturated carbocycles. The quantitative estimate of drug-likeness (QED) is 0.142. The highest BCUT2D eigenvalue weighted by atomic mass is 16.9. The predicted octanol–water partition coefficient (Wildman–Crippen LogP) is 7.21. The highest BCUT2D eigenvalue weighted by Gasteiger charge is 2.41. The Morgan fingerprint density at radius 1 is 0.704 bits per heavy atom. The lowest BCUT2D eigenvalue weighted by Gasteiger charge is -2.40. The molecule has 0 aromatic heterocycles. The van der Waals surface area contributed by atoms with E-state index >= 15 is 0 Å². The molecule has 0 bridgehead atoms. The third kappa shape index (κ3) is 12.6. The van der Waals surface area contributed by atoms with Crippen molar-refractivity contribution < 1.29 is 14.2 Å². The van der Waals surface area contributed by atoms with Crippen molar-refractivity contribution in [1.29, 1.82) is 0 Å².